The average molecular weight is 346 g/mol. The zero-order chi connectivity index (χ0) is 14.9. The second kappa shape index (κ2) is 5.80. The Labute approximate surface area is 134 Å². The highest BCUT2D eigenvalue weighted by Gasteiger charge is 2.39. The molecule has 0 aromatic heterocycles. The van der Waals surface area contributed by atoms with Gasteiger partial charge in [0.05, 0.1) is 0 Å². The van der Waals surface area contributed by atoms with Crippen LogP contribution in [-0.2, 0) is 4.79 Å². The minimum Gasteiger partial charge on any atom is -0.326 e. The molecule has 2 aromatic rings. The van der Waals surface area contributed by atoms with Crippen LogP contribution in [0, 0.1) is 5.41 Å². The molecule has 1 aliphatic rings. The molecule has 110 valence electrons. The normalized spacial score (nSPS) is 17.0. The summed E-state index contributed by atoms with van der Waals surface area (Å²) in [5.41, 5.74) is 0.754. The van der Waals surface area contributed by atoms with Crippen LogP contribution in [0.5, 0.6) is 0 Å². The smallest absolute Gasteiger partial charge is 0.230 e. The molecule has 0 aliphatic heterocycles. The number of rotatable bonds is 3. The van der Waals surface area contributed by atoms with E-state index in [4.69, 9.17) is 0 Å². The van der Waals surface area contributed by atoms with Crippen LogP contribution >= 0.6 is 15.9 Å². The Hall–Kier alpha value is -1.35. The van der Waals surface area contributed by atoms with Gasteiger partial charge in [-0.25, -0.2) is 0 Å². The largest absolute Gasteiger partial charge is 0.326 e. The molecule has 0 radical (unpaired) electrons. The maximum absolute atomic E-state index is 12.6. The number of hydrogen-bond acceptors (Lipinski definition) is 1. The lowest BCUT2D eigenvalue weighted by molar-refractivity contribution is -0.125. The molecule has 2 aromatic carbocycles. The van der Waals surface area contributed by atoms with Crippen molar-refractivity contribution in [1.29, 1.82) is 0 Å². The molecule has 1 N–H and O–H groups in total. The summed E-state index contributed by atoms with van der Waals surface area (Å²) in [6, 6.07) is 12.3. The van der Waals surface area contributed by atoms with Crippen molar-refractivity contribution in [2.75, 3.05) is 5.32 Å². The van der Waals surface area contributed by atoms with Crippen LogP contribution in [-0.4, -0.2) is 5.91 Å². The molecule has 0 unspecified atom stereocenters. The first-order valence-corrected chi connectivity index (χ1v) is 8.43. The Balaban J connectivity index is 1.84. The lowest BCUT2D eigenvalue weighted by Gasteiger charge is -2.26. The fourth-order valence-electron chi connectivity index (χ4n) is 3.35. The topological polar surface area (TPSA) is 29.1 Å². The summed E-state index contributed by atoms with van der Waals surface area (Å²) in [4.78, 5) is 12.6. The molecule has 0 heterocycles. The molecule has 21 heavy (non-hydrogen) atoms. The summed E-state index contributed by atoms with van der Waals surface area (Å²) in [6.45, 7) is 2.13. The maximum atomic E-state index is 12.6. The summed E-state index contributed by atoms with van der Waals surface area (Å²) < 4.78 is 1.07. The van der Waals surface area contributed by atoms with Crippen LogP contribution in [0.3, 0.4) is 0 Å². The molecule has 1 fully saturated rings. The number of halogens is 1. The Morgan fingerprint density at radius 2 is 1.81 bits per heavy atom. The van der Waals surface area contributed by atoms with E-state index in [-0.39, 0.29) is 11.3 Å². The van der Waals surface area contributed by atoms with E-state index >= 15 is 0 Å². The summed E-state index contributed by atoms with van der Waals surface area (Å²) in [5.74, 6) is 0.193. The van der Waals surface area contributed by atoms with Crippen molar-refractivity contribution in [2.45, 2.75) is 39.0 Å². The number of benzene rings is 2. The Morgan fingerprint density at radius 3 is 2.52 bits per heavy atom. The fourth-order valence-corrected chi connectivity index (χ4v) is 3.73. The first-order chi connectivity index (χ1) is 10.1. The number of hydrogen-bond donors (Lipinski definition) is 1. The Morgan fingerprint density at radius 1 is 1.14 bits per heavy atom. The molecular weight excluding hydrogens is 326 g/mol. The molecule has 0 spiro atoms. The zero-order valence-electron chi connectivity index (χ0n) is 12.3. The van der Waals surface area contributed by atoms with E-state index in [0.29, 0.717) is 0 Å². The van der Waals surface area contributed by atoms with E-state index in [1.54, 1.807) is 0 Å². The summed E-state index contributed by atoms with van der Waals surface area (Å²) in [5, 5.41) is 5.45. The zero-order valence-corrected chi connectivity index (χ0v) is 13.9. The van der Waals surface area contributed by atoms with Gasteiger partial charge in [0, 0.05) is 15.6 Å². The van der Waals surface area contributed by atoms with E-state index in [1.165, 1.54) is 18.2 Å². The van der Waals surface area contributed by atoms with E-state index in [0.717, 1.165) is 34.8 Å². The van der Waals surface area contributed by atoms with E-state index < -0.39 is 0 Å². The molecular formula is C18H20BrNO. The first kappa shape index (κ1) is 14.6. The van der Waals surface area contributed by atoms with Crippen molar-refractivity contribution in [3.8, 4) is 0 Å². The Bertz CT molecular complexity index is 674. The van der Waals surface area contributed by atoms with Gasteiger partial charge in [0.25, 0.3) is 0 Å². The Kier molecular flexibility index (Phi) is 4.03. The molecule has 0 bridgehead atoms. The summed E-state index contributed by atoms with van der Waals surface area (Å²) >= 11 is 3.48. The van der Waals surface area contributed by atoms with Crippen molar-refractivity contribution in [3.05, 3.63) is 40.9 Å². The van der Waals surface area contributed by atoms with Gasteiger partial charge < -0.3 is 5.32 Å². The van der Waals surface area contributed by atoms with E-state index in [9.17, 15) is 4.79 Å². The third-order valence-electron chi connectivity index (χ3n) is 4.78. The van der Waals surface area contributed by atoms with Crippen LogP contribution in [0.15, 0.2) is 40.9 Å². The molecule has 2 nitrogen and oxygen atoms in total. The molecule has 3 heteroatoms. The van der Waals surface area contributed by atoms with Gasteiger partial charge in [-0.05, 0) is 54.3 Å². The van der Waals surface area contributed by atoms with Crippen LogP contribution in [0.4, 0.5) is 5.69 Å². The lowest BCUT2D eigenvalue weighted by Crippen LogP contribution is -2.33. The SMILES string of the molecule is CCC1(C(=O)Nc2ccc3cc(Br)ccc3c2)CCCC1. The monoisotopic (exact) mass is 345 g/mol. The molecule has 0 atom stereocenters. The molecule has 1 amide bonds. The predicted molar refractivity (Wildman–Crippen MR) is 91.5 cm³/mol. The second-order valence-electron chi connectivity index (χ2n) is 6.00. The van der Waals surface area contributed by atoms with Gasteiger partial charge >= 0.3 is 0 Å². The highest BCUT2D eigenvalue weighted by Crippen LogP contribution is 2.42. The standard InChI is InChI=1S/C18H20BrNO/c1-2-18(9-3-4-10-18)17(21)20-16-8-6-13-11-15(19)7-5-14(13)12-16/h5-8,11-12H,2-4,9-10H2,1H3,(H,20,21). The highest BCUT2D eigenvalue weighted by molar-refractivity contribution is 9.10. The minimum atomic E-state index is -0.144. The molecule has 3 rings (SSSR count). The van der Waals surface area contributed by atoms with Gasteiger partial charge in [0.2, 0.25) is 5.91 Å². The van der Waals surface area contributed by atoms with Crippen LogP contribution in [0.2, 0.25) is 0 Å². The highest BCUT2D eigenvalue weighted by atomic mass is 79.9. The third kappa shape index (κ3) is 2.84. The maximum Gasteiger partial charge on any atom is 0.230 e. The van der Waals surface area contributed by atoms with Crippen molar-refractivity contribution in [3.63, 3.8) is 0 Å². The van der Waals surface area contributed by atoms with Gasteiger partial charge in [-0.15, -0.1) is 0 Å². The molecule has 1 saturated carbocycles. The molecule has 0 saturated heterocycles. The predicted octanol–water partition coefficient (Wildman–Crippen LogP) is 5.51. The lowest BCUT2D eigenvalue weighted by atomic mass is 9.82. The van der Waals surface area contributed by atoms with Crippen molar-refractivity contribution in [2.24, 2.45) is 5.41 Å². The first-order valence-electron chi connectivity index (χ1n) is 7.64. The van der Waals surface area contributed by atoms with Crippen LogP contribution in [0.1, 0.15) is 39.0 Å². The minimum absolute atomic E-state index is 0.144. The van der Waals surface area contributed by atoms with Gasteiger partial charge in [-0.3, -0.25) is 4.79 Å². The summed E-state index contributed by atoms with van der Waals surface area (Å²) in [7, 11) is 0. The number of fused-ring (bicyclic) bond motifs is 1. The number of anilines is 1. The van der Waals surface area contributed by atoms with Gasteiger partial charge in [0.15, 0.2) is 0 Å². The number of carbonyl (C=O) groups excluding carboxylic acids is 1. The van der Waals surface area contributed by atoms with Gasteiger partial charge in [-0.1, -0.05) is 47.8 Å². The number of carbonyl (C=O) groups is 1. The van der Waals surface area contributed by atoms with E-state index in [2.05, 4.69) is 52.4 Å². The van der Waals surface area contributed by atoms with E-state index in [1.807, 2.05) is 12.1 Å². The summed E-state index contributed by atoms with van der Waals surface area (Å²) in [6.07, 6.45) is 5.32. The third-order valence-corrected chi connectivity index (χ3v) is 5.27. The quantitative estimate of drug-likeness (QED) is 0.780. The number of nitrogens with one attached hydrogen (secondary N) is 1. The van der Waals surface area contributed by atoms with Crippen molar-refractivity contribution >= 4 is 38.3 Å². The van der Waals surface area contributed by atoms with Crippen molar-refractivity contribution in [1.82, 2.24) is 0 Å². The fraction of sp³-hybridized carbons (Fsp3) is 0.389. The van der Waals surface area contributed by atoms with Gasteiger partial charge in [-0.2, -0.15) is 0 Å². The van der Waals surface area contributed by atoms with Gasteiger partial charge in [0.1, 0.15) is 0 Å². The van der Waals surface area contributed by atoms with Crippen LogP contribution < -0.4 is 5.32 Å². The molecule has 1 aliphatic carbocycles. The van der Waals surface area contributed by atoms with Crippen LogP contribution in [0.25, 0.3) is 10.8 Å². The average Bonchev–Trinajstić information content (AvgIpc) is 2.97. The number of amides is 1. The van der Waals surface area contributed by atoms with Crippen molar-refractivity contribution < 1.29 is 4.79 Å². The second-order valence-corrected chi connectivity index (χ2v) is 6.92.